The molecule has 0 aliphatic rings. The van der Waals surface area contributed by atoms with Gasteiger partial charge in [0, 0.05) is 16.8 Å². The molecule has 0 radical (unpaired) electrons. The molecule has 0 aliphatic carbocycles. The fourth-order valence-electron chi connectivity index (χ4n) is 3.62. The lowest BCUT2D eigenvalue weighted by Crippen LogP contribution is -2.30. The van der Waals surface area contributed by atoms with E-state index in [1.54, 1.807) is 60.7 Å². The summed E-state index contributed by atoms with van der Waals surface area (Å²) in [5, 5.41) is 5.37. The van der Waals surface area contributed by atoms with Gasteiger partial charge < -0.3 is 10.6 Å². The number of carbonyl (C=O) groups is 3. The van der Waals surface area contributed by atoms with E-state index in [9.17, 15) is 18.8 Å². The summed E-state index contributed by atoms with van der Waals surface area (Å²) in [4.78, 5) is 38.4. The van der Waals surface area contributed by atoms with Gasteiger partial charge in [-0.15, -0.1) is 0 Å². The van der Waals surface area contributed by atoms with Crippen LogP contribution in [0.1, 0.15) is 37.4 Å². The third kappa shape index (κ3) is 6.98. The summed E-state index contributed by atoms with van der Waals surface area (Å²) < 4.78 is 13.3. The Hall–Kier alpha value is -5.10. The predicted octanol–water partition coefficient (Wildman–Crippen LogP) is 6.44. The van der Waals surface area contributed by atoms with E-state index in [0.717, 1.165) is 11.1 Å². The smallest absolute Gasteiger partial charge is 0.272 e. The summed E-state index contributed by atoms with van der Waals surface area (Å²) in [6.07, 6.45) is 4.75. The number of hydrogen-bond donors (Lipinski definition) is 2. The molecule has 0 bridgehead atoms. The second-order valence-corrected chi connectivity index (χ2v) is 8.52. The minimum Gasteiger partial charge on any atom is -0.321 e. The zero-order valence-corrected chi connectivity index (χ0v) is 20.6. The van der Waals surface area contributed by atoms with Crippen molar-refractivity contribution < 1.29 is 18.8 Å². The average Bonchev–Trinajstić information content (AvgIpc) is 2.94. The van der Waals surface area contributed by atoms with Gasteiger partial charge in [-0.1, -0.05) is 60.7 Å². The van der Waals surface area contributed by atoms with Crippen molar-refractivity contribution in [3.05, 3.63) is 149 Å². The Morgan fingerprint density at radius 1 is 0.737 bits per heavy atom. The molecule has 0 aliphatic heterocycles. The van der Waals surface area contributed by atoms with E-state index in [4.69, 9.17) is 0 Å². The molecule has 0 saturated heterocycles. The van der Waals surface area contributed by atoms with Crippen molar-refractivity contribution in [2.24, 2.45) is 0 Å². The lowest BCUT2D eigenvalue weighted by molar-refractivity contribution is -0.113. The lowest BCUT2D eigenvalue weighted by atomic mass is 10.1. The molecular weight excluding hydrogens is 479 g/mol. The molecule has 4 aromatic carbocycles. The number of hydrogen-bond acceptors (Lipinski definition) is 3. The molecule has 0 aromatic heterocycles. The summed E-state index contributed by atoms with van der Waals surface area (Å²) >= 11 is 0. The molecule has 4 rings (SSSR count). The maximum atomic E-state index is 13.3. The first-order valence-electron chi connectivity index (χ1n) is 11.9. The van der Waals surface area contributed by atoms with Gasteiger partial charge in [0.25, 0.3) is 11.8 Å². The molecular formula is C32H25FN2O3. The van der Waals surface area contributed by atoms with Gasteiger partial charge in [0.05, 0.1) is 0 Å². The van der Waals surface area contributed by atoms with Gasteiger partial charge >= 0.3 is 0 Å². The number of ketones is 1. The largest absolute Gasteiger partial charge is 0.321 e. The van der Waals surface area contributed by atoms with Crippen LogP contribution in [0.4, 0.5) is 10.1 Å². The van der Waals surface area contributed by atoms with Crippen LogP contribution < -0.4 is 10.6 Å². The van der Waals surface area contributed by atoms with Crippen LogP contribution >= 0.6 is 0 Å². The molecule has 6 heteroatoms. The van der Waals surface area contributed by atoms with E-state index < -0.39 is 17.6 Å². The highest BCUT2D eigenvalue weighted by molar-refractivity contribution is 6.11. The third-order valence-electron chi connectivity index (χ3n) is 5.74. The van der Waals surface area contributed by atoms with E-state index >= 15 is 0 Å². The summed E-state index contributed by atoms with van der Waals surface area (Å²) in [7, 11) is 0. The van der Waals surface area contributed by atoms with E-state index in [0.29, 0.717) is 22.4 Å². The minimum absolute atomic E-state index is 0.0215. The summed E-state index contributed by atoms with van der Waals surface area (Å²) in [6.45, 7) is 1.97. The van der Waals surface area contributed by atoms with E-state index in [1.165, 1.54) is 36.4 Å². The van der Waals surface area contributed by atoms with E-state index in [2.05, 4.69) is 10.6 Å². The maximum Gasteiger partial charge on any atom is 0.272 e. The third-order valence-corrected chi connectivity index (χ3v) is 5.74. The van der Waals surface area contributed by atoms with Crippen molar-refractivity contribution in [1.29, 1.82) is 0 Å². The van der Waals surface area contributed by atoms with Crippen LogP contribution in [-0.4, -0.2) is 17.6 Å². The summed E-state index contributed by atoms with van der Waals surface area (Å²) in [5.74, 6) is -1.62. The number of aryl methyl sites for hydroxylation is 1. The van der Waals surface area contributed by atoms with Crippen LogP contribution in [0.3, 0.4) is 0 Å². The van der Waals surface area contributed by atoms with E-state index in [-0.39, 0.29) is 11.5 Å². The van der Waals surface area contributed by atoms with Gasteiger partial charge in [0.2, 0.25) is 0 Å². The molecule has 0 unspecified atom stereocenters. The molecule has 0 fully saturated rings. The van der Waals surface area contributed by atoms with Crippen molar-refractivity contribution in [3.8, 4) is 0 Å². The van der Waals surface area contributed by atoms with E-state index in [1.807, 2.05) is 31.2 Å². The Bertz CT molecular complexity index is 1510. The Labute approximate surface area is 220 Å². The zero-order valence-electron chi connectivity index (χ0n) is 20.6. The van der Waals surface area contributed by atoms with Gasteiger partial charge in [0.1, 0.15) is 11.5 Å². The molecule has 2 amide bonds. The monoisotopic (exact) mass is 504 g/mol. The number of allylic oxidation sites excluding steroid dienone is 1. The molecule has 0 atom stereocenters. The highest BCUT2D eigenvalue weighted by Gasteiger charge is 2.15. The standard InChI is InChI=1S/C32H25FN2O3/c1-22-7-5-6-8-24(22)15-20-30(36)25-13-18-28(19-14-25)34-32(38)29(21-23-11-16-27(33)17-12-23)35-31(37)26-9-3-2-4-10-26/h2-21H,1H3,(H,34,38)(H,35,37)/b20-15+,29-21-. The average molecular weight is 505 g/mol. The molecule has 0 saturated carbocycles. The first-order valence-corrected chi connectivity index (χ1v) is 11.9. The van der Waals surface area contributed by atoms with Crippen molar-refractivity contribution in [2.75, 3.05) is 5.32 Å². The highest BCUT2D eigenvalue weighted by Crippen LogP contribution is 2.15. The first-order chi connectivity index (χ1) is 18.4. The van der Waals surface area contributed by atoms with Crippen LogP contribution in [0.2, 0.25) is 0 Å². The van der Waals surface area contributed by atoms with Gasteiger partial charge in [0.15, 0.2) is 5.78 Å². The Kier molecular flexibility index (Phi) is 8.36. The summed E-state index contributed by atoms with van der Waals surface area (Å²) in [6, 6.07) is 28.2. The van der Waals surface area contributed by atoms with Crippen molar-refractivity contribution in [1.82, 2.24) is 5.32 Å². The molecule has 0 heterocycles. The second kappa shape index (κ2) is 12.2. The number of rotatable bonds is 8. The second-order valence-electron chi connectivity index (χ2n) is 8.52. The number of carbonyl (C=O) groups excluding carboxylic acids is 3. The van der Waals surface area contributed by atoms with Gasteiger partial charge in [-0.25, -0.2) is 4.39 Å². The molecule has 0 spiro atoms. The Morgan fingerprint density at radius 3 is 2.08 bits per heavy atom. The van der Waals surface area contributed by atoms with Gasteiger partial charge in [-0.3, -0.25) is 14.4 Å². The predicted molar refractivity (Wildman–Crippen MR) is 148 cm³/mol. The fraction of sp³-hybridized carbons (Fsp3) is 0.0312. The maximum absolute atomic E-state index is 13.3. The molecule has 2 N–H and O–H groups in total. The number of amides is 2. The van der Waals surface area contributed by atoms with Gasteiger partial charge in [-0.2, -0.15) is 0 Å². The molecule has 38 heavy (non-hydrogen) atoms. The quantitative estimate of drug-likeness (QED) is 0.214. The number of anilines is 1. The van der Waals surface area contributed by atoms with Crippen LogP contribution in [-0.2, 0) is 4.79 Å². The first kappa shape index (κ1) is 26.0. The molecule has 188 valence electrons. The van der Waals surface area contributed by atoms with Crippen molar-refractivity contribution in [3.63, 3.8) is 0 Å². The van der Waals surface area contributed by atoms with Crippen molar-refractivity contribution >= 4 is 35.4 Å². The lowest BCUT2D eigenvalue weighted by Gasteiger charge is -2.12. The Balaban J connectivity index is 1.49. The SMILES string of the molecule is Cc1ccccc1/C=C/C(=O)c1ccc(NC(=O)/C(=C/c2ccc(F)cc2)NC(=O)c2ccccc2)cc1. The topological polar surface area (TPSA) is 75.3 Å². The molecule has 4 aromatic rings. The normalized spacial score (nSPS) is 11.3. The number of halogens is 1. The Morgan fingerprint density at radius 2 is 1.39 bits per heavy atom. The number of benzene rings is 4. The van der Waals surface area contributed by atoms with Crippen LogP contribution in [0.5, 0.6) is 0 Å². The van der Waals surface area contributed by atoms with Crippen molar-refractivity contribution in [2.45, 2.75) is 6.92 Å². The molecule has 5 nitrogen and oxygen atoms in total. The summed E-state index contributed by atoms with van der Waals surface area (Å²) in [5.41, 5.74) is 3.83. The fourth-order valence-corrected chi connectivity index (χ4v) is 3.62. The highest BCUT2D eigenvalue weighted by atomic mass is 19.1. The van der Waals surface area contributed by atoms with Gasteiger partial charge in [-0.05, 0) is 84.3 Å². The zero-order chi connectivity index (χ0) is 26.9. The minimum atomic E-state index is -0.572. The van der Waals surface area contributed by atoms with Crippen LogP contribution in [0.25, 0.3) is 12.2 Å². The van der Waals surface area contributed by atoms with Crippen LogP contribution in [0.15, 0.2) is 115 Å². The number of nitrogens with one attached hydrogen (secondary N) is 2. The van der Waals surface area contributed by atoms with Crippen LogP contribution in [0, 0.1) is 12.7 Å².